The second kappa shape index (κ2) is 11.4. The molecular formula is C21H26BrCl2N3O2. The summed E-state index contributed by atoms with van der Waals surface area (Å²) in [5, 5.41) is 8.04. The normalized spacial score (nSPS) is 14.8. The maximum atomic E-state index is 6.24. The van der Waals surface area contributed by atoms with Crippen LogP contribution in [0.5, 0.6) is 11.5 Å². The molecule has 1 aliphatic heterocycles. The zero-order chi connectivity index (χ0) is 20.6. The zero-order valence-corrected chi connectivity index (χ0v) is 19.5. The molecule has 1 heterocycles. The van der Waals surface area contributed by atoms with Crippen LogP contribution in [0.15, 0.2) is 34.8 Å². The van der Waals surface area contributed by atoms with E-state index in [1.807, 2.05) is 18.2 Å². The van der Waals surface area contributed by atoms with E-state index in [4.69, 9.17) is 32.7 Å². The Bertz CT molecular complexity index is 797. The van der Waals surface area contributed by atoms with Crippen LogP contribution in [0.3, 0.4) is 0 Å². The monoisotopic (exact) mass is 501 g/mol. The minimum atomic E-state index is 0.260. The predicted molar refractivity (Wildman–Crippen MR) is 123 cm³/mol. The third-order valence-electron chi connectivity index (χ3n) is 4.86. The summed E-state index contributed by atoms with van der Waals surface area (Å²) in [6.07, 6.45) is 0. The van der Waals surface area contributed by atoms with Gasteiger partial charge in [-0.25, -0.2) is 0 Å². The first-order valence-corrected chi connectivity index (χ1v) is 11.2. The van der Waals surface area contributed by atoms with Gasteiger partial charge in [0.05, 0.1) is 11.6 Å². The second-order valence-electron chi connectivity index (χ2n) is 6.87. The fourth-order valence-corrected chi connectivity index (χ4v) is 4.35. The molecule has 0 radical (unpaired) electrons. The number of ether oxygens (including phenoxy) is 2. The van der Waals surface area contributed by atoms with Gasteiger partial charge in [-0.05, 0) is 45.8 Å². The van der Waals surface area contributed by atoms with E-state index in [2.05, 4.69) is 31.5 Å². The summed E-state index contributed by atoms with van der Waals surface area (Å²) < 4.78 is 12.4. The topological polar surface area (TPSA) is 45.8 Å². The van der Waals surface area contributed by atoms with E-state index in [1.165, 1.54) is 0 Å². The summed E-state index contributed by atoms with van der Waals surface area (Å²) in [5.74, 6) is 1.30. The predicted octanol–water partition coefficient (Wildman–Crippen LogP) is 4.34. The number of nitrogens with one attached hydrogen (secondary N) is 2. The van der Waals surface area contributed by atoms with Gasteiger partial charge in [0.2, 0.25) is 0 Å². The fraction of sp³-hybridized carbons (Fsp3) is 0.429. The maximum Gasteiger partial charge on any atom is 0.175 e. The molecule has 1 aliphatic rings. The lowest BCUT2D eigenvalue weighted by molar-refractivity contribution is 0.241. The van der Waals surface area contributed by atoms with Gasteiger partial charge in [-0.3, -0.25) is 4.90 Å². The Labute approximate surface area is 190 Å². The molecule has 2 aromatic carbocycles. The molecule has 3 rings (SSSR count). The molecule has 0 aromatic heterocycles. The van der Waals surface area contributed by atoms with Crippen molar-refractivity contribution in [3.05, 3.63) is 56.0 Å². The molecule has 1 saturated heterocycles. The van der Waals surface area contributed by atoms with Gasteiger partial charge in [0.25, 0.3) is 0 Å². The second-order valence-corrected chi connectivity index (χ2v) is 8.54. The van der Waals surface area contributed by atoms with Gasteiger partial charge in [0.1, 0.15) is 6.61 Å². The molecule has 0 atom stereocenters. The maximum absolute atomic E-state index is 6.24. The molecule has 0 aliphatic carbocycles. The first-order chi connectivity index (χ1) is 14.1. The lowest BCUT2D eigenvalue weighted by Gasteiger charge is -2.27. The summed E-state index contributed by atoms with van der Waals surface area (Å²) in [7, 11) is 1.64. The van der Waals surface area contributed by atoms with Crippen molar-refractivity contribution in [3.63, 3.8) is 0 Å². The van der Waals surface area contributed by atoms with Gasteiger partial charge >= 0.3 is 0 Å². The van der Waals surface area contributed by atoms with Crippen LogP contribution >= 0.6 is 39.1 Å². The highest BCUT2D eigenvalue weighted by atomic mass is 79.9. The molecule has 0 unspecified atom stereocenters. The molecule has 0 bridgehead atoms. The van der Waals surface area contributed by atoms with Crippen molar-refractivity contribution in [3.8, 4) is 11.5 Å². The van der Waals surface area contributed by atoms with Crippen molar-refractivity contribution in [2.24, 2.45) is 0 Å². The Morgan fingerprint density at radius 1 is 1.17 bits per heavy atom. The molecule has 8 heteroatoms. The third kappa shape index (κ3) is 6.48. The Balaban J connectivity index is 1.58. The lowest BCUT2D eigenvalue weighted by Crippen LogP contribution is -2.45. The average molecular weight is 503 g/mol. The van der Waals surface area contributed by atoms with Crippen molar-refractivity contribution in [1.29, 1.82) is 0 Å². The van der Waals surface area contributed by atoms with E-state index in [9.17, 15) is 0 Å². The Kier molecular flexibility index (Phi) is 8.90. The SMILES string of the molecule is COc1cc(CNCCN2CCNCC2)cc(Br)c1OCc1c(Cl)cccc1Cl. The summed E-state index contributed by atoms with van der Waals surface area (Å²) in [4.78, 5) is 2.47. The van der Waals surface area contributed by atoms with Gasteiger partial charge < -0.3 is 20.1 Å². The first-order valence-electron chi connectivity index (χ1n) is 9.64. The van der Waals surface area contributed by atoms with Crippen LogP contribution in [-0.4, -0.2) is 51.3 Å². The van der Waals surface area contributed by atoms with Gasteiger partial charge in [0, 0.05) is 61.4 Å². The van der Waals surface area contributed by atoms with Crippen LogP contribution < -0.4 is 20.1 Å². The number of rotatable bonds is 9. The van der Waals surface area contributed by atoms with Crippen LogP contribution in [0, 0.1) is 0 Å². The van der Waals surface area contributed by atoms with Crippen LogP contribution in [-0.2, 0) is 13.2 Å². The lowest BCUT2D eigenvalue weighted by atomic mass is 10.2. The first kappa shape index (κ1) is 22.7. The summed E-state index contributed by atoms with van der Waals surface area (Å²) in [6.45, 7) is 7.40. The minimum absolute atomic E-state index is 0.260. The number of hydrogen-bond acceptors (Lipinski definition) is 5. The summed E-state index contributed by atoms with van der Waals surface area (Å²) in [6, 6.07) is 9.45. The highest BCUT2D eigenvalue weighted by molar-refractivity contribution is 9.10. The highest BCUT2D eigenvalue weighted by Gasteiger charge is 2.14. The molecule has 0 amide bonds. The molecule has 1 fully saturated rings. The van der Waals surface area contributed by atoms with Crippen LogP contribution in [0.25, 0.3) is 0 Å². The van der Waals surface area contributed by atoms with Crippen molar-refractivity contribution in [1.82, 2.24) is 15.5 Å². The minimum Gasteiger partial charge on any atom is -0.493 e. The average Bonchev–Trinajstić information content (AvgIpc) is 2.72. The molecule has 5 nitrogen and oxygen atoms in total. The van der Waals surface area contributed by atoms with Crippen molar-refractivity contribution in [2.75, 3.05) is 46.4 Å². The fourth-order valence-electron chi connectivity index (χ4n) is 3.23. The van der Waals surface area contributed by atoms with E-state index >= 15 is 0 Å². The Hall–Kier alpha value is -1.02. The van der Waals surface area contributed by atoms with Gasteiger partial charge in [0.15, 0.2) is 11.5 Å². The van der Waals surface area contributed by atoms with E-state index in [-0.39, 0.29) is 6.61 Å². The van der Waals surface area contributed by atoms with Crippen molar-refractivity contribution >= 4 is 39.1 Å². The molecule has 29 heavy (non-hydrogen) atoms. The van der Waals surface area contributed by atoms with Crippen molar-refractivity contribution < 1.29 is 9.47 Å². The van der Waals surface area contributed by atoms with Gasteiger partial charge in [-0.2, -0.15) is 0 Å². The molecule has 0 spiro atoms. The van der Waals surface area contributed by atoms with E-state index in [1.54, 1.807) is 19.2 Å². The molecule has 2 N–H and O–H groups in total. The van der Waals surface area contributed by atoms with E-state index in [0.29, 0.717) is 21.5 Å². The van der Waals surface area contributed by atoms with Crippen LogP contribution in [0.2, 0.25) is 10.0 Å². The largest absolute Gasteiger partial charge is 0.493 e. The smallest absolute Gasteiger partial charge is 0.175 e. The standard InChI is InChI=1S/C21H26BrCl2N3O2/c1-28-20-12-15(13-26-7-10-27-8-5-25-6-9-27)11-17(22)21(20)29-14-16-18(23)3-2-4-19(16)24/h2-4,11-12,25-26H,5-10,13-14H2,1H3. The highest BCUT2D eigenvalue weighted by Crippen LogP contribution is 2.38. The van der Waals surface area contributed by atoms with Crippen LogP contribution in [0.4, 0.5) is 0 Å². The number of halogens is 3. The third-order valence-corrected chi connectivity index (χ3v) is 6.15. The van der Waals surface area contributed by atoms with E-state index in [0.717, 1.165) is 61.4 Å². The number of hydrogen-bond donors (Lipinski definition) is 2. The zero-order valence-electron chi connectivity index (χ0n) is 16.4. The number of nitrogens with zero attached hydrogens (tertiary/aromatic N) is 1. The molecule has 0 saturated carbocycles. The quantitative estimate of drug-likeness (QED) is 0.499. The Morgan fingerprint density at radius 3 is 2.59 bits per heavy atom. The number of methoxy groups -OCH3 is 1. The summed E-state index contributed by atoms with van der Waals surface area (Å²) >= 11 is 16.1. The molecule has 158 valence electrons. The van der Waals surface area contributed by atoms with E-state index < -0.39 is 0 Å². The number of benzene rings is 2. The number of piperazine rings is 1. The van der Waals surface area contributed by atoms with Crippen molar-refractivity contribution in [2.45, 2.75) is 13.2 Å². The Morgan fingerprint density at radius 2 is 1.90 bits per heavy atom. The summed E-state index contributed by atoms with van der Waals surface area (Å²) in [5.41, 5.74) is 1.88. The van der Waals surface area contributed by atoms with Crippen LogP contribution in [0.1, 0.15) is 11.1 Å². The molecular weight excluding hydrogens is 477 g/mol. The van der Waals surface area contributed by atoms with Gasteiger partial charge in [-0.15, -0.1) is 0 Å². The van der Waals surface area contributed by atoms with Gasteiger partial charge in [-0.1, -0.05) is 29.3 Å². The molecule has 2 aromatic rings.